The monoisotopic (exact) mass is 466 g/mol. The predicted molar refractivity (Wildman–Crippen MR) is 106 cm³/mol. The number of carbonyl (C=O) groups is 1. The first-order chi connectivity index (χ1) is 13.6. The van der Waals surface area contributed by atoms with Crippen LogP contribution >= 0.6 is 35.8 Å². The molecular weight excluding hydrogens is 452 g/mol. The molecule has 2 atom stereocenters. The fourth-order valence-corrected chi connectivity index (χ4v) is 3.42. The molecular formula is C17H15Cl2F3N4O2S. The Hall–Kier alpha value is -1.75. The van der Waals surface area contributed by atoms with Crippen LogP contribution in [0, 0.1) is 0 Å². The van der Waals surface area contributed by atoms with Crippen molar-refractivity contribution in [3.8, 4) is 0 Å². The lowest BCUT2D eigenvalue weighted by atomic mass is 10.1. The number of carbonyl (C=O) groups excluding carboxylic acids is 1. The number of thiol groups is 1. The number of anilines is 2. The molecule has 0 saturated carbocycles. The number of amides is 1. The Kier molecular flexibility index (Phi) is 6.77. The Morgan fingerprint density at radius 3 is 2.76 bits per heavy atom. The Balaban J connectivity index is 1.86. The summed E-state index contributed by atoms with van der Waals surface area (Å²) < 4.78 is 45.8. The molecule has 2 unspecified atom stereocenters. The fraction of sp³-hybridized carbons (Fsp3) is 0.353. The molecule has 6 nitrogen and oxygen atoms in total. The third-order valence-electron chi connectivity index (χ3n) is 4.10. The summed E-state index contributed by atoms with van der Waals surface area (Å²) in [5, 5.41) is 5.46. The van der Waals surface area contributed by atoms with Gasteiger partial charge in [0.1, 0.15) is 5.44 Å². The van der Waals surface area contributed by atoms with Crippen LogP contribution in [0.3, 0.4) is 0 Å². The zero-order valence-corrected chi connectivity index (χ0v) is 17.0. The van der Waals surface area contributed by atoms with Gasteiger partial charge in [0.15, 0.2) is 5.69 Å². The summed E-state index contributed by atoms with van der Waals surface area (Å²) in [7, 11) is 0. The van der Waals surface area contributed by atoms with Crippen molar-refractivity contribution in [1.82, 2.24) is 15.3 Å². The summed E-state index contributed by atoms with van der Waals surface area (Å²) in [5.41, 5.74) is -2.20. The van der Waals surface area contributed by atoms with Gasteiger partial charge >= 0.3 is 6.18 Å². The van der Waals surface area contributed by atoms with Crippen molar-refractivity contribution in [3.63, 3.8) is 0 Å². The first-order valence-corrected chi connectivity index (χ1v) is 9.68. The summed E-state index contributed by atoms with van der Waals surface area (Å²) in [4.78, 5) is 19.8. The second-order valence-corrected chi connectivity index (χ2v) is 7.56. The van der Waals surface area contributed by atoms with Gasteiger partial charge in [0.25, 0.3) is 5.91 Å². The zero-order valence-electron chi connectivity index (χ0n) is 14.6. The van der Waals surface area contributed by atoms with Crippen molar-refractivity contribution < 1.29 is 22.7 Å². The maximum atomic E-state index is 13.5. The number of halogens is 5. The van der Waals surface area contributed by atoms with E-state index in [-0.39, 0.29) is 33.2 Å². The minimum atomic E-state index is -4.87. The van der Waals surface area contributed by atoms with E-state index < -0.39 is 23.3 Å². The number of ether oxygens (including phenoxy) is 1. The number of nitrogens with one attached hydrogen (secondary N) is 2. The molecule has 1 aliphatic heterocycles. The maximum absolute atomic E-state index is 13.5. The highest BCUT2D eigenvalue weighted by atomic mass is 35.5. The zero-order chi connectivity index (χ0) is 21.2. The van der Waals surface area contributed by atoms with Gasteiger partial charge in [-0.15, -0.1) is 12.6 Å². The largest absolute Gasteiger partial charge is 0.434 e. The molecule has 1 amide bonds. The third-order valence-corrected chi connectivity index (χ3v) is 5.28. The normalized spacial score (nSPS) is 19.7. The molecule has 2 heterocycles. The highest BCUT2D eigenvalue weighted by molar-refractivity contribution is 7.80. The predicted octanol–water partition coefficient (Wildman–Crippen LogP) is 4.71. The maximum Gasteiger partial charge on any atom is 0.434 e. The number of hydrogen-bond acceptors (Lipinski definition) is 6. The first-order valence-electron chi connectivity index (χ1n) is 8.41. The van der Waals surface area contributed by atoms with E-state index in [1.54, 1.807) is 6.07 Å². The molecule has 156 valence electrons. The van der Waals surface area contributed by atoms with Crippen LogP contribution in [-0.2, 0) is 10.9 Å². The molecule has 0 bridgehead atoms. The van der Waals surface area contributed by atoms with Crippen LogP contribution in [0.25, 0.3) is 0 Å². The van der Waals surface area contributed by atoms with Crippen LogP contribution < -0.4 is 10.6 Å². The van der Waals surface area contributed by atoms with Crippen molar-refractivity contribution in [3.05, 3.63) is 45.7 Å². The van der Waals surface area contributed by atoms with Crippen molar-refractivity contribution >= 4 is 53.4 Å². The van der Waals surface area contributed by atoms with Crippen molar-refractivity contribution in [1.29, 1.82) is 0 Å². The van der Waals surface area contributed by atoms with E-state index in [0.29, 0.717) is 19.4 Å². The van der Waals surface area contributed by atoms with Gasteiger partial charge in [0.2, 0.25) is 5.95 Å². The molecule has 1 aromatic carbocycles. The minimum Gasteiger partial charge on any atom is -0.368 e. The number of alkyl halides is 3. The van der Waals surface area contributed by atoms with Gasteiger partial charge in [0, 0.05) is 18.7 Å². The Bertz CT molecular complexity index is 917. The summed E-state index contributed by atoms with van der Waals surface area (Å²) in [6, 6.07) is 4.23. The van der Waals surface area contributed by atoms with Crippen LogP contribution in [0.15, 0.2) is 24.4 Å². The summed E-state index contributed by atoms with van der Waals surface area (Å²) in [6.07, 6.45) is -3.20. The van der Waals surface area contributed by atoms with Gasteiger partial charge in [-0.05, 0) is 18.6 Å². The van der Waals surface area contributed by atoms with Crippen molar-refractivity contribution in [2.24, 2.45) is 0 Å². The van der Waals surface area contributed by atoms with E-state index in [2.05, 4.69) is 33.2 Å². The SMILES string of the molecule is O=C(NC1CCOC(S)C1)c1cnc(Nc2cccc(Cl)c2Cl)nc1C(F)(F)F. The summed E-state index contributed by atoms with van der Waals surface area (Å²) >= 11 is 16.1. The van der Waals surface area contributed by atoms with Gasteiger partial charge in [-0.3, -0.25) is 4.79 Å². The second kappa shape index (κ2) is 8.95. The number of rotatable bonds is 4. The van der Waals surface area contributed by atoms with Crippen LogP contribution in [-0.4, -0.2) is 34.0 Å². The third kappa shape index (κ3) is 5.44. The fourth-order valence-electron chi connectivity index (χ4n) is 2.71. The molecule has 1 saturated heterocycles. The quantitative estimate of drug-likeness (QED) is 0.568. The van der Waals surface area contributed by atoms with Gasteiger partial charge in [0.05, 0.1) is 27.9 Å². The number of aromatic nitrogens is 2. The van der Waals surface area contributed by atoms with E-state index in [4.69, 9.17) is 27.9 Å². The van der Waals surface area contributed by atoms with Crippen LogP contribution in [0.5, 0.6) is 0 Å². The molecule has 2 N–H and O–H groups in total. The average Bonchev–Trinajstić information content (AvgIpc) is 2.65. The second-order valence-electron chi connectivity index (χ2n) is 6.20. The summed E-state index contributed by atoms with van der Waals surface area (Å²) in [5.74, 6) is -1.29. The van der Waals surface area contributed by atoms with Gasteiger partial charge < -0.3 is 15.4 Å². The topological polar surface area (TPSA) is 76.1 Å². The molecule has 1 aliphatic rings. The lowest BCUT2D eigenvalue weighted by Crippen LogP contribution is -2.41. The smallest absolute Gasteiger partial charge is 0.368 e. The number of hydrogen-bond donors (Lipinski definition) is 3. The van der Waals surface area contributed by atoms with Crippen molar-refractivity contribution in [2.45, 2.75) is 30.5 Å². The lowest BCUT2D eigenvalue weighted by Gasteiger charge is -2.27. The Morgan fingerprint density at radius 1 is 1.31 bits per heavy atom. The molecule has 1 fully saturated rings. The van der Waals surface area contributed by atoms with E-state index in [0.717, 1.165) is 6.20 Å². The van der Waals surface area contributed by atoms with Crippen LogP contribution in [0.4, 0.5) is 24.8 Å². The van der Waals surface area contributed by atoms with Crippen LogP contribution in [0.1, 0.15) is 28.9 Å². The van der Waals surface area contributed by atoms with Crippen molar-refractivity contribution in [2.75, 3.05) is 11.9 Å². The Morgan fingerprint density at radius 2 is 2.07 bits per heavy atom. The van der Waals surface area contributed by atoms with Gasteiger partial charge in [-0.1, -0.05) is 29.3 Å². The first kappa shape index (κ1) is 21.9. The molecule has 2 aromatic rings. The van der Waals surface area contributed by atoms with Crippen LogP contribution in [0.2, 0.25) is 10.0 Å². The molecule has 3 rings (SSSR count). The lowest BCUT2D eigenvalue weighted by molar-refractivity contribution is -0.141. The number of nitrogens with zero attached hydrogens (tertiary/aromatic N) is 2. The Labute approximate surface area is 179 Å². The highest BCUT2D eigenvalue weighted by Gasteiger charge is 2.38. The molecule has 29 heavy (non-hydrogen) atoms. The van der Waals surface area contributed by atoms with E-state index in [9.17, 15) is 18.0 Å². The molecule has 0 spiro atoms. The molecule has 1 aromatic heterocycles. The van der Waals surface area contributed by atoms with E-state index in [1.165, 1.54) is 12.1 Å². The number of benzene rings is 1. The van der Waals surface area contributed by atoms with E-state index >= 15 is 0 Å². The van der Waals surface area contributed by atoms with Gasteiger partial charge in [-0.25, -0.2) is 9.97 Å². The van der Waals surface area contributed by atoms with E-state index in [1.807, 2.05) is 0 Å². The summed E-state index contributed by atoms with van der Waals surface area (Å²) in [6.45, 7) is 0.352. The average molecular weight is 467 g/mol. The molecule has 0 radical (unpaired) electrons. The molecule has 12 heteroatoms. The highest BCUT2D eigenvalue weighted by Crippen LogP contribution is 2.34. The standard InChI is InChI=1S/C17H15Cl2F3N4O2S/c18-10-2-1-3-11(13(10)19)25-16-23-7-9(14(26-16)17(20,21)22)15(27)24-8-4-5-28-12(29)6-8/h1-3,7-8,12,29H,4-6H2,(H,24,27)(H,23,25,26). The van der Waals surface area contributed by atoms with Gasteiger partial charge in [-0.2, -0.15) is 13.2 Å². The molecule has 0 aliphatic carbocycles. The minimum absolute atomic E-state index is 0.106.